The van der Waals surface area contributed by atoms with Gasteiger partial charge in [-0.05, 0) is 41.8 Å². The van der Waals surface area contributed by atoms with Crippen molar-refractivity contribution in [1.82, 2.24) is 4.98 Å². The molecule has 0 saturated heterocycles. The number of hydrogen-bond donors (Lipinski definition) is 0. The van der Waals surface area contributed by atoms with Crippen LogP contribution in [0.15, 0.2) is 59.8 Å². The van der Waals surface area contributed by atoms with E-state index < -0.39 is 0 Å². The van der Waals surface area contributed by atoms with Gasteiger partial charge in [-0.25, -0.2) is 4.98 Å². The first-order chi connectivity index (χ1) is 7.93. The number of pyridine rings is 1. The van der Waals surface area contributed by atoms with Crippen LogP contribution >= 0.6 is 11.9 Å². The number of aromatic nitrogens is 1. The van der Waals surface area contributed by atoms with Crippen LogP contribution in [0, 0.1) is 0 Å². The molecule has 0 spiro atoms. The molecule has 16 heavy (non-hydrogen) atoms. The van der Waals surface area contributed by atoms with E-state index >= 15 is 0 Å². The Bertz CT molecular complexity index is 522. The third-order valence-corrected chi connectivity index (χ3v) is 3.45. The van der Waals surface area contributed by atoms with Crippen molar-refractivity contribution in [3.8, 4) is 0 Å². The summed E-state index contributed by atoms with van der Waals surface area (Å²) >= 11 is 1.69. The summed E-state index contributed by atoms with van der Waals surface area (Å²) in [6.07, 6.45) is 5.97. The summed E-state index contributed by atoms with van der Waals surface area (Å²) in [5.74, 6) is 0.957. The Labute approximate surface area is 98.8 Å². The maximum atomic E-state index is 4.33. The van der Waals surface area contributed by atoms with Crippen molar-refractivity contribution in [2.45, 2.75) is 4.90 Å². The Morgan fingerprint density at radius 1 is 1.00 bits per heavy atom. The minimum absolute atomic E-state index is 0.957. The van der Waals surface area contributed by atoms with Gasteiger partial charge in [-0.1, -0.05) is 24.3 Å². The molecule has 1 aliphatic heterocycles. The largest absolute Gasteiger partial charge is 0.271 e. The van der Waals surface area contributed by atoms with Crippen LogP contribution in [-0.4, -0.2) is 4.98 Å². The summed E-state index contributed by atoms with van der Waals surface area (Å²) in [6, 6.07) is 14.3. The number of anilines is 1. The van der Waals surface area contributed by atoms with Crippen LogP contribution in [-0.2, 0) is 0 Å². The first-order valence-corrected chi connectivity index (χ1v) is 5.86. The van der Waals surface area contributed by atoms with Crippen LogP contribution in [0.4, 0.5) is 5.82 Å². The van der Waals surface area contributed by atoms with Gasteiger partial charge in [-0.3, -0.25) is 4.31 Å². The van der Waals surface area contributed by atoms with E-state index in [1.165, 1.54) is 10.5 Å². The van der Waals surface area contributed by atoms with Crippen LogP contribution in [0.2, 0.25) is 0 Å². The number of rotatable bonds is 1. The summed E-state index contributed by atoms with van der Waals surface area (Å²) in [6.45, 7) is 0. The van der Waals surface area contributed by atoms with Crippen LogP contribution in [0.1, 0.15) is 5.56 Å². The number of fused-ring (bicyclic) bond motifs is 1. The van der Waals surface area contributed by atoms with Crippen LogP contribution in [0.5, 0.6) is 0 Å². The Balaban J connectivity index is 1.95. The molecule has 1 aliphatic rings. The third kappa shape index (κ3) is 1.70. The molecule has 0 N–H and O–H groups in total. The molecule has 0 bridgehead atoms. The summed E-state index contributed by atoms with van der Waals surface area (Å²) in [7, 11) is 0. The van der Waals surface area contributed by atoms with Gasteiger partial charge >= 0.3 is 0 Å². The number of benzene rings is 1. The van der Waals surface area contributed by atoms with Crippen molar-refractivity contribution < 1.29 is 0 Å². The maximum Gasteiger partial charge on any atom is 0.142 e. The molecule has 0 atom stereocenters. The number of nitrogens with zero attached hydrogens (tertiary/aromatic N) is 2. The standard InChI is InChI=1S/C13H10N2S/c1-2-6-12-11(5-1)8-10-15(16-12)13-7-3-4-9-14-13/h1-10H. The van der Waals surface area contributed by atoms with E-state index in [9.17, 15) is 0 Å². The lowest BCUT2D eigenvalue weighted by Gasteiger charge is -2.22. The summed E-state index contributed by atoms with van der Waals surface area (Å²) in [5.41, 5.74) is 1.26. The predicted molar refractivity (Wildman–Crippen MR) is 68.0 cm³/mol. The molecule has 1 aromatic heterocycles. The maximum absolute atomic E-state index is 4.33. The fraction of sp³-hybridized carbons (Fsp3) is 0. The first kappa shape index (κ1) is 9.48. The monoisotopic (exact) mass is 226 g/mol. The summed E-state index contributed by atoms with van der Waals surface area (Å²) in [4.78, 5) is 5.59. The Kier molecular flexibility index (Phi) is 2.38. The first-order valence-electron chi connectivity index (χ1n) is 5.09. The van der Waals surface area contributed by atoms with Gasteiger partial charge in [0.15, 0.2) is 0 Å². The van der Waals surface area contributed by atoms with E-state index in [1.54, 1.807) is 11.9 Å². The van der Waals surface area contributed by atoms with Gasteiger partial charge in [-0.15, -0.1) is 0 Å². The van der Waals surface area contributed by atoms with E-state index in [0.29, 0.717) is 0 Å². The molecule has 2 aromatic rings. The van der Waals surface area contributed by atoms with Crippen LogP contribution < -0.4 is 4.31 Å². The van der Waals surface area contributed by atoms with Crippen molar-refractivity contribution in [2.24, 2.45) is 0 Å². The second-order valence-electron chi connectivity index (χ2n) is 3.46. The van der Waals surface area contributed by atoms with Gasteiger partial charge in [0.1, 0.15) is 5.82 Å². The Hall–Kier alpha value is -1.74. The molecule has 0 aliphatic carbocycles. The fourth-order valence-electron chi connectivity index (χ4n) is 1.59. The molecule has 3 heteroatoms. The smallest absolute Gasteiger partial charge is 0.142 e. The molecule has 0 radical (unpaired) electrons. The van der Waals surface area contributed by atoms with Gasteiger partial charge in [0.2, 0.25) is 0 Å². The normalized spacial score (nSPS) is 13.6. The Morgan fingerprint density at radius 3 is 2.75 bits per heavy atom. The van der Waals surface area contributed by atoms with Crippen LogP contribution in [0.25, 0.3) is 6.08 Å². The van der Waals surface area contributed by atoms with Crippen molar-refractivity contribution in [3.05, 3.63) is 60.4 Å². The highest BCUT2D eigenvalue weighted by molar-refractivity contribution is 8.01. The molecule has 0 fully saturated rings. The highest BCUT2D eigenvalue weighted by atomic mass is 32.2. The zero-order valence-electron chi connectivity index (χ0n) is 8.58. The van der Waals surface area contributed by atoms with Crippen molar-refractivity contribution in [2.75, 3.05) is 4.31 Å². The molecule has 2 heterocycles. The quantitative estimate of drug-likeness (QED) is 0.691. The van der Waals surface area contributed by atoms with E-state index in [2.05, 4.69) is 45.8 Å². The zero-order valence-corrected chi connectivity index (χ0v) is 9.39. The van der Waals surface area contributed by atoms with E-state index in [4.69, 9.17) is 0 Å². The zero-order chi connectivity index (χ0) is 10.8. The molecule has 2 nitrogen and oxygen atoms in total. The SMILES string of the molecule is C1=CN(c2ccccn2)Sc2ccccc21. The molecular weight excluding hydrogens is 216 g/mol. The predicted octanol–water partition coefficient (Wildman–Crippen LogP) is 3.58. The highest BCUT2D eigenvalue weighted by Crippen LogP contribution is 2.34. The van der Waals surface area contributed by atoms with Gasteiger partial charge in [-0.2, -0.15) is 0 Å². The van der Waals surface area contributed by atoms with Crippen LogP contribution in [0.3, 0.4) is 0 Å². The molecule has 1 aromatic carbocycles. The van der Waals surface area contributed by atoms with Crippen molar-refractivity contribution in [1.29, 1.82) is 0 Å². The third-order valence-electron chi connectivity index (χ3n) is 2.38. The molecule has 0 saturated carbocycles. The van der Waals surface area contributed by atoms with Gasteiger partial charge < -0.3 is 0 Å². The lowest BCUT2D eigenvalue weighted by molar-refractivity contribution is 1.24. The number of hydrogen-bond acceptors (Lipinski definition) is 3. The fourth-order valence-corrected chi connectivity index (χ4v) is 2.51. The topological polar surface area (TPSA) is 16.1 Å². The Morgan fingerprint density at radius 2 is 1.88 bits per heavy atom. The molecule has 3 rings (SSSR count). The molecule has 78 valence electrons. The van der Waals surface area contributed by atoms with Gasteiger partial charge in [0.25, 0.3) is 0 Å². The second kappa shape index (κ2) is 4.02. The average molecular weight is 226 g/mol. The van der Waals surface area contributed by atoms with Gasteiger partial charge in [0.05, 0.1) is 0 Å². The van der Waals surface area contributed by atoms with E-state index in [0.717, 1.165) is 5.82 Å². The van der Waals surface area contributed by atoms with E-state index in [1.807, 2.05) is 24.4 Å². The highest BCUT2D eigenvalue weighted by Gasteiger charge is 2.12. The van der Waals surface area contributed by atoms with Crippen molar-refractivity contribution >= 4 is 23.8 Å². The summed E-state index contributed by atoms with van der Waals surface area (Å²) in [5, 5.41) is 0. The minimum Gasteiger partial charge on any atom is -0.271 e. The average Bonchev–Trinajstić information content (AvgIpc) is 2.39. The lowest BCUT2D eigenvalue weighted by Crippen LogP contribution is -2.09. The van der Waals surface area contributed by atoms with Gasteiger partial charge in [0, 0.05) is 17.3 Å². The summed E-state index contributed by atoms with van der Waals surface area (Å²) < 4.78 is 2.07. The van der Waals surface area contributed by atoms with Crippen molar-refractivity contribution in [3.63, 3.8) is 0 Å². The second-order valence-corrected chi connectivity index (χ2v) is 4.47. The van der Waals surface area contributed by atoms with E-state index in [-0.39, 0.29) is 0 Å². The lowest BCUT2D eigenvalue weighted by atomic mass is 10.2. The minimum atomic E-state index is 0.957. The molecular formula is C13H10N2S. The molecule has 0 amide bonds. The molecule has 0 unspecified atom stereocenters.